The highest BCUT2D eigenvalue weighted by Crippen LogP contribution is 2.37. The monoisotopic (exact) mass is 267 g/mol. The van der Waals surface area contributed by atoms with Crippen molar-refractivity contribution in [2.75, 3.05) is 6.54 Å². The van der Waals surface area contributed by atoms with Gasteiger partial charge in [0.1, 0.15) is 0 Å². The molecule has 2 rings (SSSR count). The molecule has 0 bridgehead atoms. The molecule has 0 saturated carbocycles. The van der Waals surface area contributed by atoms with E-state index in [2.05, 4.69) is 43.6 Å². The SMILES string of the molecule is CCNC(c1cc2sccc2s1)C(CC)CC. The van der Waals surface area contributed by atoms with Crippen molar-refractivity contribution in [2.45, 2.75) is 39.7 Å². The molecule has 0 fully saturated rings. The van der Waals surface area contributed by atoms with Gasteiger partial charge < -0.3 is 5.32 Å². The van der Waals surface area contributed by atoms with Gasteiger partial charge in [-0.05, 0) is 30.0 Å². The predicted octanol–water partition coefficient (Wildman–Crippen LogP) is 5.05. The molecule has 0 aliphatic heterocycles. The minimum absolute atomic E-state index is 0.541. The first-order valence-electron chi connectivity index (χ1n) is 6.50. The summed E-state index contributed by atoms with van der Waals surface area (Å²) in [7, 11) is 0. The van der Waals surface area contributed by atoms with Crippen molar-refractivity contribution in [2.24, 2.45) is 5.92 Å². The maximum atomic E-state index is 3.67. The first-order chi connectivity index (χ1) is 8.30. The van der Waals surface area contributed by atoms with Gasteiger partial charge in [-0.15, -0.1) is 22.7 Å². The lowest BCUT2D eigenvalue weighted by Gasteiger charge is -2.25. The molecule has 0 saturated heterocycles. The van der Waals surface area contributed by atoms with E-state index >= 15 is 0 Å². The van der Waals surface area contributed by atoms with Gasteiger partial charge >= 0.3 is 0 Å². The first kappa shape index (κ1) is 13.1. The van der Waals surface area contributed by atoms with Gasteiger partial charge in [0.25, 0.3) is 0 Å². The van der Waals surface area contributed by atoms with Crippen LogP contribution in [0.3, 0.4) is 0 Å². The summed E-state index contributed by atoms with van der Waals surface area (Å²) in [4.78, 5) is 1.52. The molecule has 1 unspecified atom stereocenters. The molecule has 0 aliphatic rings. The Balaban J connectivity index is 2.28. The van der Waals surface area contributed by atoms with Crippen LogP contribution in [0.25, 0.3) is 9.40 Å². The number of fused-ring (bicyclic) bond motifs is 1. The van der Waals surface area contributed by atoms with Gasteiger partial charge in [0.15, 0.2) is 0 Å². The maximum absolute atomic E-state index is 3.67. The van der Waals surface area contributed by atoms with Crippen LogP contribution in [-0.2, 0) is 0 Å². The minimum Gasteiger partial charge on any atom is -0.309 e. The highest BCUT2D eigenvalue weighted by molar-refractivity contribution is 7.26. The summed E-state index contributed by atoms with van der Waals surface area (Å²) in [5, 5.41) is 5.85. The number of thiophene rings is 2. The lowest BCUT2D eigenvalue weighted by atomic mass is 9.93. The molecule has 17 heavy (non-hydrogen) atoms. The number of nitrogens with one attached hydrogen (secondary N) is 1. The molecule has 3 heteroatoms. The van der Waals surface area contributed by atoms with E-state index in [-0.39, 0.29) is 0 Å². The summed E-state index contributed by atoms with van der Waals surface area (Å²) in [6.45, 7) is 7.85. The summed E-state index contributed by atoms with van der Waals surface area (Å²) in [5.74, 6) is 0.753. The van der Waals surface area contributed by atoms with Crippen molar-refractivity contribution in [3.63, 3.8) is 0 Å². The van der Waals surface area contributed by atoms with Crippen LogP contribution in [-0.4, -0.2) is 6.54 Å². The van der Waals surface area contributed by atoms with Crippen LogP contribution < -0.4 is 5.32 Å². The summed E-state index contributed by atoms with van der Waals surface area (Å²) in [6, 6.07) is 5.17. The Morgan fingerprint density at radius 2 is 1.94 bits per heavy atom. The van der Waals surface area contributed by atoms with Crippen LogP contribution in [0.2, 0.25) is 0 Å². The van der Waals surface area contributed by atoms with Crippen molar-refractivity contribution >= 4 is 32.1 Å². The topological polar surface area (TPSA) is 12.0 Å². The quantitative estimate of drug-likeness (QED) is 0.772. The van der Waals surface area contributed by atoms with Crippen molar-refractivity contribution in [1.82, 2.24) is 5.32 Å². The molecule has 0 amide bonds. The molecule has 1 nitrogen and oxygen atoms in total. The smallest absolute Gasteiger partial charge is 0.0454 e. The van der Waals surface area contributed by atoms with E-state index in [1.54, 1.807) is 0 Å². The minimum atomic E-state index is 0.541. The Bertz CT molecular complexity index is 425. The number of hydrogen-bond acceptors (Lipinski definition) is 3. The normalized spacial score (nSPS) is 13.6. The average molecular weight is 267 g/mol. The zero-order chi connectivity index (χ0) is 12.3. The standard InChI is InChI=1S/C14H21NS2/c1-4-10(5-2)14(15-6-3)13-9-12-11(17-13)7-8-16-12/h7-10,14-15H,4-6H2,1-3H3. The molecule has 1 N–H and O–H groups in total. The van der Waals surface area contributed by atoms with Gasteiger partial charge in [0, 0.05) is 20.3 Å². The van der Waals surface area contributed by atoms with Crippen LogP contribution in [0.15, 0.2) is 17.5 Å². The molecule has 94 valence electrons. The van der Waals surface area contributed by atoms with Crippen molar-refractivity contribution in [3.8, 4) is 0 Å². The van der Waals surface area contributed by atoms with Crippen LogP contribution in [0.1, 0.15) is 44.5 Å². The largest absolute Gasteiger partial charge is 0.309 e. The fraction of sp³-hybridized carbons (Fsp3) is 0.571. The summed E-state index contributed by atoms with van der Waals surface area (Å²) in [5.41, 5.74) is 0. The average Bonchev–Trinajstić information content (AvgIpc) is 2.89. The second kappa shape index (κ2) is 5.98. The van der Waals surface area contributed by atoms with Crippen LogP contribution in [0.5, 0.6) is 0 Å². The highest BCUT2D eigenvalue weighted by Gasteiger charge is 2.21. The molecular weight excluding hydrogens is 246 g/mol. The molecule has 2 aromatic rings. The Morgan fingerprint density at radius 3 is 2.53 bits per heavy atom. The van der Waals surface area contributed by atoms with Crippen LogP contribution in [0, 0.1) is 5.92 Å². The molecule has 0 radical (unpaired) electrons. The zero-order valence-electron chi connectivity index (χ0n) is 10.8. The molecule has 0 aromatic carbocycles. The summed E-state index contributed by atoms with van der Waals surface area (Å²) < 4.78 is 2.89. The van der Waals surface area contributed by atoms with Crippen LogP contribution >= 0.6 is 22.7 Å². The molecule has 0 aliphatic carbocycles. The maximum Gasteiger partial charge on any atom is 0.0454 e. The van der Waals surface area contributed by atoms with Gasteiger partial charge in [-0.2, -0.15) is 0 Å². The van der Waals surface area contributed by atoms with E-state index in [9.17, 15) is 0 Å². The van der Waals surface area contributed by atoms with Gasteiger partial charge in [-0.25, -0.2) is 0 Å². The Kier molecular flexibility index (Phi) is 4.60. The van der Waals surface area contributed by atoms with E-state index in [1.165, 1.54) is 27.1 Å². The summed E-state index contributed by atoms with van der Waals surface area (Å²) in [6.07, 6.45) is 2.50. The third-order valence-corrected chi connectivity index (χ3v) is 5.59. The second-order valence-corrected chi connectivity index (χ2v) is 6.47. The van der Waals surface area contributed by atoms with E-state index in [4.69, 9.17) is 0 Å². The van der Waals surface area contributed by atoms with Crippen molar-refractivity contribution in [1.29, 1.82) is 0 Å². The van der Waals surface area contributed by atoms with Gasteiger partial charge in [0.05, 0.1) is 0 Å². The third-order valence-electron chi connectivity index (χ3n) is 3.41. The Labute approximate surface area is 112 Å². The van der Waals surface area contributed by atoms with Crippen LogP contribution in [0.4, 0.5) is 0 Å². The number of hydrogen-bond donors (Lipinski definition) is 1. The first-order valence-corrected chi connectivity index (χ1v) is 8.20. The molecule has 1 atom stereocenters. The van der Waals surface area contributed by atoms with Crippen molar-refractivity contribution in [3.05, 3.63) is 22.4 Å². The lowest BCUT2D eigenvalue weighted by molar-refractivity contribution is 0.351. The van der Waals surface area contributed by atoms with Gasteiger partial charge in [0.2, 0.25) is 0 Å². The molecule has 2 heterocycles. The Hall–Kier alpha value is -0.380. The van der Waals surface area contributed by atoms with Gasteiger partial charge in [-0.1, -0.05) is 33.6 Å². The Morgan fingerprint density at radius 1 is 1.18 bits per heavy atom. The van der Waals surface area contributed by atoms with E-state index in [1.807, 2.05) is 22.7 Å². The predicted molar refractivity (Wildman–Crippen MR) is 80.2 cm³/mol. The van der Waals surface area contributed by atoms with E-state index in [0.29, 0.717) is 6.04 Å². The molecule has 2 aromatic heterocycles. The fourth-order valence-electron chi connectivity index (χ4n) is 2.42. The third kappa shape index (κ3) is 2.72. The second-order valence-electron chi connectivity index (χ2n) is 4.41. The summed E-state index contributed by atoms with van der Waals surface area (Å²) >= 11 is 3.81. The number of rotatable bonds is 6. The molecule has 0 spiro atoms. The fourth-order valence-corrected chi connectivity index (χ4v) is 4.71. The van der Waals surface area contributed by atoms with Gasteiger partial charge in [-0.3, -0.25) is 0 Å². The lowest BCUT2D eigenvalue weighted by Crippen LogP contribution is -2.26. The zero-order valence-corrected chi connectivity index (χ0v) is 12.5. The van der Waals surface area contributed by atoms with E-state index < -0.39 is 0 Å². The highest BCUT2D eigenvalue weighted by atomic mass is 32.1. The molecular formula is C14H21NS2. The van der Waals surface area contributed by atoms with E-state index in [0.717, 1.165) is 12.5 Å². The van der Waals surface area contributed by atoms with Crippen molar-refractivity contribution < 1.29 is 0 Å².